The Hall–Kier alpha value is -2.76. The third-order valence-electron chi connectivity index (χ3n) is 4.62. The summed E-state index contributed by atoms with van der Waals surface area (Å²) in [4.78, 5) is 2.24. The third kappa shape index (κ3) is 3.45. The molecule has 0 saturated carbocycles. The van der Waals surface area contributed by atoms with E-state index in [0.717, 1.165) is 24.2 Å². The number of hydrogen-bond donors (Lipinski definition) is 0. The molecule has 26 heavy (non-hydrogen) atoms. The molecule has 1 aliphatic heterocycles. The first-order valence-corrected chi connectivity index (χ1v) is 8.95. The summed E-state index contributed by atoms with van der Waals surface area (Å²) in [6, 6.07) is 22.5. The second kappa shape index (κ2) is 7.23. The molecule has 0 bridgehead atoms. The zero-order valence-electron chi connectivity index (χ0n) is 14.1. The molecule has 1 atom stereocenters. The summed E-state index contributed by atoms with van der Waals surface area (Å²) >= 11 is 6.07. The number of nitrogens with zero attached hydrogens (tertiary/aromatic N) is 1. The van der Waals surface area contributed by atoms with Gasteiger partial charge in [-0.25, -0.2) is 4.39 Å². The molecule has 0 amide bonds. The quantitative estimate of drug-likeness (QED) is 0.507. The predicted octanol–water partition coefficient (Wildman–Crippen LogP) is 5.63. The molecule has 0 N–H and O–H groups in total. The normalized spacial score (nSPS) is 15.8. The minimum atomic E-state index is -0.229. The number of rotatable bonds is 1. The van der Waals surface area contributed by atoms with Crippen LogP contribution in [0.15, 0.2) is 72.8 Å². The van der Waals surface area contributed by atoms with Crippen LogP contribution in [-0.4, -0.2) is 6.54 Å². The summed E-state index contributed by atoms with van der Waals surface area (Å²) in [5.41, 5.74) is 4.39. The van der Waals surface area contributed by atoms with Gasteiger partial charge in [0.1, 0.15) is 11.9 Å². The molecule has 1 aliphatic rings. The Kier molecular flexibility index (Phi) is 4.65. The smallest absolute Gasteiger partial charge is 0.123 e. The molecule has 3 aromatic rings. The summed E-state index contributed by atoms with van der Waals surface area (Å²) in [6.45, 7) is 0.845. The fourth-order valence-corrected chi connectivity index (χ4v) is 3.54. The van der Waals surface area contributed by atoms with E-state index in [1.54, 1.807) is 0 Å². The molecule has 4 rings (SSSR count). The molecule has 0 saturated heterocycles. The van der Waals surface area contributed by atoms with E-state index >= 15 is 0 Å². The van der Waals surface area contributed by atoms with Gasteiger partial charge in [0.05, 0.1) is 0 Å². The van der Waals surface area contributed by atoms with Gasteiger partial charge in [-0.05, 0) is 60.0 Å². The van der Waals surface area contributed by atoms with Gasteiger partial charge in [0.25, 0.3) is 0 Å². The molecular weight excluding hydrogens is 345 g/mol. The molecule has 1 heterocycles. The Morgan fingerprint density at radius 2 is 1.77 bits per heavy atom. The van der Waals surface area contributed by atoms with Crippen molar-refractivity contribution < 1.29 is 4.39 Å². The van der Waals surface area contributed by atoms with Gasteiger partial charge >= 0.3 is 0 Å². The van der Waals surface area contributed by atoms with Crippen LogP contribution in [-0.2, 0) is 6.42 Å². The van der Waals surface area contributed by atoms with Crippen LogP contribution in [0.3, 0.4) is 0 Å². The maximum atomic E-state index is 13.3. The van der Waals surface area contributed by atoms with Crippen LogP contribution in [0.5, 0.6) is 0 Å². The minimum absolute atomic E-state index is 0.0793. The molecule has 0 aromatic heterocycles. The van der Waals surface area contributed by atoms with Crippen molar-refractivity contribution in [3.05, 3.63) is 100 Å². The summed E-state index contributed by atoms with van der Waals surface area (Å²) in [7, 11) is 0. The first-order valence-electron chi connectivity index (χ1n) is 8.58. The summed E-state index contributed by atoms with van der Waals surface area (Å²) < 4.78 is 13.3. The molecule has 1 unspecified atom stereocenters. The van der Waals surface area contributed by atoms with Crippen LogP contribution in [0.2, 0.25) is 5.02 Å². The molecule has 1 nitrogen and oxygen atoms in total. The maximum absolute atomic E-state index is 13.3. The van der Waals surface area contributed by atoms with Crippen LogP contribution in [0.4, 0.5) is 10.1 Å². The molecule has 0 fully saturated rings. The molecular formula is C23H17ClFN. The number of benzene rings is 3. The predicted molar refractivity (Wildman–Crippen MR) is 105 cm³/mol. The van der Waals surface area contributed by atoms with E-state index in [4.69, 9.17) is 11.6 Å². The van der Waals surface area contributed by atoms with Gasteiger partial charge in [0.15, 0.2) is 0 Å². The Bertz CT molecular complexity index is 985. The van der Waals surface area contributed by atoms with E-state index < -0.39 is 0 Å². The Morgan fingerprint density at radius 1 is 0.962 bits per heavy atom. The van der Waals surface area contributed by atoms with Crippen molar-refractivity contribution in [1.82, 2.24) is 0 Å². The van der Waals surface area contributed by atoms with Crippen LogP contribution in [0.1, 0.15) is 22.7 Å². The maximum Gasteiger partial charge on any atom is 0.123 e. The highest BCUT2D eigenvalue weighted by Gasteiger charge is 2.25. The highest BCUT2D eigenvalue weighted by Crippen LogP contribution is 2.33. The van der Waals surface area contributed by atoms with Crippen molar-refractivity contribution in [2.24, 2.45) is 0 Å². The molecule has 0 radical (unpaired) electrons. The van der Waals surface area contributed by atoms with Gasteiger partial charge in [0, 0.05) is 22.8 Å². The molecule has 3 heteroatoms. The fraction of sp³-hybridized carbons (Fsp3) is 0.130. The van der Waals surface area contributed by atoms with Crippen molar-refractivity contribution in [1.29, 1.82) is 0 Å². The average molecular weight is 362 g/mol. The van der Waals surface area contributed by atoms with E-state index in [1.165, 1.54) is 23.3 Å². The van der Waals surface area contributed by atoms with Crippen LogP contribution >= 0.6 is 11.6 Å². The van der Waals surface area contributed by atoms with Crippen LogP contribution in [0, 0.1) is 17.7 Å². The van der Waals surface area contributed by atoms with E-state index in [0.29, 0.717) is 5.02 Å². The van der Waals surface area contributed by atoms with E-state index in [2.05, 4.69) is 34.9 Å². The van der Waals surface area contributed by atoms with Crippen molar-refractivity contribution in [2.45, 2.75) is 12.5 Å². The molecule has 128 valence electrons. The van der Waals surface area contributed by atoms with Crippen LogP contribution in [0.25, 0.3) is 0 Å². The zero-order valence-corrected chi connectivity index (χ0v) is 14.9. The number of hydrogen-bond acceptors (Lipinski definition) is 1. The average Bonchev–Trinajstić information content (AvgIpc) is 2.67. The molecule has 0 aliphatic carbocycles. The van der Waals surface area contributed by atoms with E-state index in [1.807, 2.05) is 42.5 Å². The summed E-state index contributed by atoms with van der Waals surface area (Å²) in [6.07, 6.45) is 0.947. The number of fused-ring (bicyclic) bond motifs is 1. The Morgan fingerprint density at radius 3 is 2.58 bits per heavy atom. The van der Waals surface area contributed by atoms with Crippen molar-refractivity contribution in [3.63, 3.8) is 0 Å². The number of anilines is 1. The SMILES string of the molecule is Fc1ccc(N2CCc3ccccc3C2C#Cc2cccc(Cl)c2)cc1. The van der Waals surface area contributed by atoms with Crippen molar-refractivity contribution in [2.75, 3.05) is 11.4 Å². The molecule has 0 spiro atoms. The monoisotopic (exact) mass is 361 g/mol. The van der Waals surface area contributed by atoms with Crippen molar-refractivity contribution in [3.8, 4) is 11.8 Å². The van der Waals surface area contributed by atoms with Gasteiger partial charge in [-0.3, -0.25) is 0 Å². The Labute approximate surface area is 158 Å². The van der Waals surface area contributed by atoms with Gasteiger partial charge in [0.2, 0.25) is 0 Å². The standard InChI is InChI=1S/C23H17ClFN/c24-19-6-3-4-17(16-19)8-13-23-22-7-2-1-5-18(22)14-15-26(23)21-11-9-20(25)10-12-21/h1-7,9-12,16,23H,14-15H2. The zero-order chi connectivity index (χ0) is 17.9. The summed E-state index contributed by atoms with van der Waals surface area (Å²) in [5, 5.41) is 0.677. The lowest BCUT2D eigenvalue weighted by atomic mass is 9.92. The van der Waals surface area contributed by atoms with Crippen LogP contribution < -0.4 is 4.90 Å². The largest absolute Gasteiger partial charge is 0.353 e. The lowest BCUT2D eigenvalue weighted by molar-refractivity contribution is 0.625. The third-order valence-corrected chi connectivity index (χ3v) is 4.85. The second-order valence-corrected chi connectivity index (χ2v) is 6.74. The lowest BCUT2D eigenvalue weighted by Gasteiger charge is -2.36. The minimum Gasteiger partial charge on any atom is -0.353 e. The first-order chi connectivity index (χ1) is 12.7. The summed E-state index contributed by atoms with van der Waals surface area (Å²) in [5.74, 6) is 6.44. The number of halogens is 2. The highest BCUT2D eigenvalue weighted by molar-refractivity contribution is 6.30. The van der Waals surface area contributed by atoms with Gasteiger partial charge in [-0.2, -0.15) is 0 Å². The molecule has 3 aromatic carbocycles. The topological polar surface area (TPSA) is 3.24 Å². The second-order valence-electron chi connectivity index (χ2n) is 6.30. The first kappa shape index (κ1) is 16.7. The van der Waals surface area contributed by atoms with E-state index in [9.17, 15) is 4.39 Å². The lowest BCUT2D eigenvalue weighted by Crippen LogP contribution is -2.34. The fourth-order valence-electron chi connectivity index (χ4n) is 3.35. The Balaban J connectivity index is 1.76. The van der Waals surface area contributed by atoms with E-state index in [-0.39, 0.29) is 11.9 Å². The van der Waals surface area contributed by atoms with Gasteiger partial charge in [-0.1, -0.05) is 53.8 Å². The highest BCUT2D eigenvalue weighted by atomic mass is 35.5. The van der Waals surface area contributed by atoms with Gasteiger partial charge < -0.3 is 4.90 Å². The van der Waals surface area contributed by atoms with Gasteiger partial charge in [-0.15, -0.1) is 0 Å². The van der Waals surface area contributed by atoms with Crippen molar-refractivity contribution >= 4 is 17.3 Å².